The lowest BCUT2D eigenvalue weighted by Gasteiger charge is -2.16. The van der Waals surface area contributed by atoms with Gasteiger partial charge in [0.15, 0.2) is 5.82 Å². The molecule has 3 aromatic rings. The minimum Gasteiger partial charge on any atom is -0.358 e. The van der Waals surface area contributed by atoms with Crippen LogP contribution in [-0.2, 0) is 17.8 Å². The van der Waals surface area contributed by atoms with E-state index in [9.17, 15) is 9.59 Å². The number of carbonyl (C=O) groups excluding carboxylic acids is 1. The Bertz CT molecular complexity index is 1030. The van der Waals surface area contributed by atoms with Gasteiger partial charge in [0.1, 0.15) is 0 Å². The molecule has 0 unspecified atom stereocenters. The predicted octanol–water partition coefficient (Wildman–Crippen LogP) is 2.86. The highest BCUT2D eigenvalue weighted by molar-refractivity contribution is 6.30. The summed E-state index contributed by atoms with van der Waals surface area (Å²) in [6.07, 6.45) is 0.952. The number of benzene rings is 2. The zero-order valence-corrected chi connectivity index (χ0v) is 16.7. The van der Waals surface area contributed by atoms with Crippen LogP contribution in [0.5, 0.6) is 0 Å². The van der Waals surface area contributed by atoms with Crippen molar-refractivity contribution in [1.82, 2.24) is 14.9 Å². The molecule has 0 saturated carbocycles. The summed E-state index contributed by atoms with van der Waals surface area (Å²) >= 11 is 5.88. The van der Waals surface area contributed by atoms with Crippen molar-refractivity contribution in [2.45, 2.75) is 19.4 Å². The van der Waals surface area contributed by atoms with Gasteiger partial charge in [0.25, 0.3) is 5.56 Å². The van der Waals surface area contributed by atoms with E-state index >= 15 is 0 Å². The molecule has 0 aliphatic carbocycles. The molecule has 1 N–H and O–H groups in total. The van der Waals surface area contributed by atoms with E-state index in [1.165, 1.54) is 0 Å². The van der Waals surface area contributed by atoms with Gasteiger partial charge < -0.3 is 14.8 Å². The largest absolute Gasteiger partial charge is 0.358 e. The second-order valence-corrected chi connectivity index (χ2v) is 7.19. The number of hydrogen-bond acceptors (Lipinski definition) is 4. The molecular formula is C21H23ClN4O2. The Balaban J connectivity index is 1.65. The highest BCUT2D eigenvalue weighted by atomic mass is 35.5. The van der Waals surface area contributed by atoms with Gasteiger partial charge in [-0.05, 0) is 36.2 Å². The van der Waals surface area contributed by atoms with Gasteiger partial charge in [-0.1, -0.05) is 35.9 Å². The minimum absolute atomic E-state index is 0.0897. The van der Waals surface area contributed by atoms with Gasteiger partial charge >= 0.3 is 0 Å². The molecule has 0 fully saturated rings. The molecular weight excluding hydrogens is 376 g/mol. The SMILES string of the molecule is CN(C)c1nc2ccccc2n(CCC(=O)NCCc2ccc(Cl)cc2)c1=O. The maximum atomic E-state index is 12.8. The van der Waals surface area contributed by atoms with Crippen molar-refractivity contribution < 1.29 is 4.79 Å². The third kappa shape index (κ3) is 4.70. The fourth-order valence-corrected chi connectivity index (χ4v) is 3.12. The predicted molar refractivity (Wildman–Crippen MR) is 113 cm³/mol. The molecule has 3 rings (SSSR count). The molecule has 0 spiro atoms. The standard InChI is InChI=1S/C21H23ClN4O2/c1-25(2)20-21(28)26(18-6-4-3-5-17(18)24-20)14-12-19(27)23-13-11-15-7-9-16(22)10-8-15/h3-10H,11-14H2,1-2H3,(H,23,27). The van der Waals surface area contributed by atoms with Crippen LogP contribution in [0.4, 0.5) is 5.82 Å². The van der Waals surface area contributed by atoms with Crippen LogP contribution in [0, 0.1) is 0 Å². The zero-order valence-electron chi connectivity index (χ0n) is 16.0. The number of anilines is 1. The quantitative estimate of drug-likeness (QED) is 0.664. The van der Waals surface area contributed by atoms with Gasteiger partial charge in [0.05, 0.1) is 11.0 Å². The Hall–Kier alpha value is -2.86. The maximum absolute atomic E-state index is 12.8. The number of nitrogens with one attached hydrogen (secondary N) is 1. The van der Waals surface area contributed by atoms with Gasteiger partial charge in [-0.3, -0.25) is 9.59 Å². The molecule has 0 aliphatic rings. The monoisotopic (exact) mass is 398 g/mol. The average Bonchev–Trinajstić information content (AvgIpc) is 2.68. The van der Waals surface area contributed by atoms with Gasteiger partial charge in [0, 0.05) is 38.6 Å². The van der Waals surface area contributed by atoms with Gasteiger partial charge in [-0.15, -0.1) is 0 Å². The molecule has 0 bridgehead atoms. The molecule has 7 heteroatoms. The Labute approximate surface area is 168 Å². The molecule has 28 heavy (non-hydrogen) atoms. The van der Waals surface area contributed by atoms with Crippen LogP contribution in [0.2, 0.25) is 5.02 Å². The van der Waals surface area contributed by atoms with Crippen molar-refractivity contribution in [2.75, 3.05) is 25.5 Å². The Kier molecular flexibility index (Phi) is 6.31. The first-order chi connectivity index (χ1) is 13.5. The van der Waals surface area contributed by atoms with Crippen molar-refractivity contribution in [3.05, 3.63) is 69.5 Å². The molecule has 2 aromatic carbocycles. The lowest BCUT2D eigenvalue weighted by Crippen LogP contribution is -2.32. The molecule has 1 amide bonds. The van der Waals surface area contributed by atoms with E-state index in [2.05, 4.69) is 10.3 Å². The molecule has 0 atom stereocenters. The van der Waals surface area contributed by atoms with E-state index in [-0.39, 0.29) is 17.9 Å². The van der Waals surface area contributed by atoms with Crippen molar-refractivity contribution in [3.63, 3.8) is 0 Å². The number of amides is 1. The topological polar surface area (TPSA) is 67.2 Å². The number of carbonyl (C=O) groups is 1. The molecule has 146 valence electrons. The Morgan fingerprint density at radius 3 is 2.57 bits per heavy atom. The highest BCUT2D eigenvalue weighted by Gasteiger charge is 2.13. The van der Waals surface area contributed by atoms with Crippen LogP contribution in [0.3, 0.4) is 0 Å². The molecule has 6 nitrogen and oxygen atoms in total. The Morgan fingerprint density at radius 2 is 1.86 bits per heavy atom. The van der Waals surface area contributed by atoms with E-state index < -0.39 is 0 Å². The zero-order chi connectivity index (χ0) is 20.1. The third-order valence-electron chi connectivity index (χ3n) is 4.47. The number of halogens is 1. The normalized spacial score (nSPS) is 10.8. The summed E-state index contributed by atoms with van der Waals surface area (Å²) in [4.78, 5) is 31.2. The first-order valence-corrected chi connectivity index (χ1v) is 9.51. The molecule has 0 radical (unpaired) electrons. The second-order valence-electron chi connectivity index (χ2n) is 6.75. The van der Waals surface area contributed by atoms with E-state index in [0.717, 1.165) is 23.0 Å². The lowest BCUT2D eigenvalue weighted by molar-refractivity contribution is -0.121. The van der Waals surface area contributed by atoms with Crippen molar-refractivity contribution in [1.29, 1.82) is 0 Å². The van der Waals surface area contributed by atoms with Crippen molar-refractivity contribution in [3.8, 4) is 0 Å². The number of nitrogens with zero attached hydrogens (tertiary/aromatic N) is 3. The fraction of sp³-hybridized carbons (Fsp3) is 0.286. The first kappa shape index (κ1) is 19.9. The van der Waals surface area contributed by atoms with Gasteiger partial charge in [0.2, 0.25) is 5.91 Å². The maximum Gasteiger partial charge on any atom is 0.293 e. The number of fused-ring (bicyclic) bond motifs is 1. The smallest absolute Gasteiger partial charge is 0.293 e. The molecule has 0 aliphatic heterocycles. The number of rotatable bonds is 7. The lowest BCUT2D eigenvalue weighted by atomic mass is 10.1. The summed E-state index contributed by atoms with van der Waals surface area (Å²) in [7, 11) is 3.57. The Morgan fingerprint density at radius 1 is 1.14 bits per heavy atom. The van der Waals surface area contributed by atoms with Gasteiger partial charge in [-0.25, -0.2) is 4.98 Å². The van der Waals surface area contributed by atoms with E-state index in [1.54, 1.807) is 23.6 Å². The number of aryl methyl sites for hydroxylation is 1. The summed E-state index contributed by atoms with van der Waals surface area (Å²) in [6.45, 7) is 0.838. The fourth-order valence-electron chi connectivity index (χ4n) is 2.99. The first-order valence-electron chi connectivity index (χ1n) is 9.14. The van der Waals surface area contributed by atoms with E-state index in [1.807, 2.05) is 48.5 Å². The summed E-state index contributed by atoms with van der Waals surface area (Å²) in [6, 6.07) is 15.0. The number of para-hydroxylation sites is 2. The van der Waals surface area contributed by atoms with Crippen LogP contribution in [0.1, 0.15) is 12.0 Å². The molecule has 0 saturated heterocycles. The number of hydrogen-bond donors (Lipinski definition) is 1. The van der Waals surface area contributed by atoms with Crippen LogP contribution >= 0.6 is 11.6 Å². The van der Waals surface area contributed by atoms with E-state index in [4.69, 9.17) is 11.6 Å². The summed E-state index contributed by atoms with van der Waals surface area (Å²) in [5.74, 6) is 0.273. The molecule has 1 aromatic heterocycles. The van der Waals surface area contributed by atoms with Crippen LogP contribution in [0.15, 0.2) is 53.3 Å². The summed E-state index contributed by atoms with van der Waals surface area (Å²) in [5, 5.41) is 3.60. The second kappa shape index (κ2) is 8.89. The van der Waals surface area contributed by atoms with Crippen LogP contribution in [-0.4, -0.2) is 36.1 Å². The third-order valence-corrected chi connectivity index (χ3v) is 4.72. The van der Waals surface area contributed by atoms with Crippen LogP contribution < -0.4 is 15.8 Å². The summed E-state index contributed by atoms with van der Waals surface area (Å²) < 4.78 is 1.62. The van der Waals surface area contributed by atoms with Crippen molar-refractivity contribution >= 4 is 34.4 Å². The average molecular weight is 399 g/mol. The van der Waals surface area contributed by atoms with Gasteiger partial charge in [-0.2, -0.15) is 0 Å². The van der Waals surface area contributed by atoms with Crippen molar-refractivity contribution in [2.24, 2.45) is 0 Å². The van der Waals surface area contributed by atoms with Crippen LogP contribution in [0.25, 0.3) is 11.0 Å². The number of aromatic nitrogens is 2. The minimum atomic E-state index is -0.197. The van der Waals surface area contributed by atoms with E-state index in [0.29, 0.717) is 23.9 Å². The summed E-state index contributed by atoms with van der Waals surface area (Å²) in [5.41, 5.74) is 2.37. The highest BCUT2D eigenvalue weighted by Crippen LogP contribution is 2.13. The molecule has 1 heterocycles.